The van der Waals surface area contributed by atoms with E-state index in [0.29, 0.717) is 0 Å². The number of Topliss-reactive ketones (excluding diaryl/α,β-unsaturated/α-hetero) is 1. The minimum Gasteiger partial charge on any atom is -0.332 e. The van der Waals surface area contributed by atoms with Crippen molar-refractivity contribution in [3.05, 3.63) is 72.1 Å². The third kappa shape index (κ3) is 4.50. The van der Waals surface area contributed by atoms with E-state index in [-0.39, 0.29) is 30.2 Å². The molecule has 4 rings (SSSR count). The Kier molecular flexibility index (Phi) is 5.65. The molecule has 0 radical (unpaired) electrons. The molecule has 3 heterocycles. The predicted octanol–water partition coefficient (Wildman–Crippen LogP) is 3.61. The number of pyridine rings is 2. The predicted molar refractivity (Wildman–Crippen MR) is 112 cm³/mol. The number of aromatic nitrogens is 2. The van der Waals surface area contributed by atoms with Crippen LogP contribution in [0.15, 0.2) is 60.8 Å². The fraction of sp³-hybridized carbons (Fsp3) is 0.333. The minimum atomic E-state index is -0.0655. The Bertz CT molecular complexity index is 1020. The van der Waals surface area contributed by atoms with Gasteiger partial charge in [-0.2, -0.15) is 0 Å². The van der Waals surface area contributed by atoms with Gasteiger partial charge in [0.05, 0.1) is 6.54 Å². The summed E-state index contributed by atoms with van der Waals surface area (Å²) in [7, 11) is 0. The monoisotopic (exact) mass is 387 g/mol. The van der Waals surface area contributed by atoms with Crippen molar-refractivity contribution in [2.45, 2.75) is 38.6 Å². The summed E-state index contributed by atoms with van der Waals surface area (Å²) in [6, 6.07) is 18.2. The minimum absolute atomic E-state index is 0.0272. The summed E-state index contributed by atoms with van der Waals surface area (Å²) in [6.07, 6.45) is 4.79. The zero-order valence-corrected chi connectivity index (χ0v) is 16.6. The number of ketones is 1. The van der Waals surface area contributed by atoms with Crippen LogP contribution in [-0.2, 0) is 22.4 Å². The number of hydrogen-bond acceptors (Lipinski definition) is 4. The number of rotatable bonds is 7. The average Bonchev–Trinajstić information content (AvgIpc) is 3.01. The number of aryl methyl sites for hydroxylation is 1. The van der Waals surface area contributed by atoms with E-state index in [0.717, 1.165) is 42.4 Å². The van der Waals surface area contributed by atoms with Crippen LogP contribution in [0, 0.1) is 5.92 Å². The molecule has 2 aromatic heterocycles. The Labute approximate surface area is 170 Å². The van der Waals surface area contributed by atoms with Crippen molar-refractivity contribution in [1.82, 2.24) is 14.9 Å². The van der Waals surface area contributed by atoms with E-state index in [4.69, 9.17) is 0 Å². The topological polar surface area (TPSA) is 63.2 Å². The summed E-state index contributed by atoms with van der Waals surface area (Å²) >= 11 is 0. The Morgan fingerprint density at radius 3 is 2.72 bits per heavy atom. The molecule has 0 saturated carbocycles. The highest BCUT2D eigenvalue weighted by Crippen LogP contribution is 2.30. The lowest BCUT2D eigenvalue weighted by molar-refractivity contribution is -0.135. The SMILES string of the molecule is CC(=O)CN1C(=O)[C@@H](CCc2ccc3cccnc3n2)C[C@H]1Cc1ccccc1. The van der Waals surface area contributed by atoms with Crippen LogP contribution in [0.25, 0.3) is 11.0 Å². The van der Waals surface area contributed by atoms with E-state index in [1.165, 1.54) is 5.56 Å². The van der Waals surface area contributed by atoms with E-state index in [1.807, 2.05) is 42.5 Å². The molecule has 148 valence electrons. The van der Waals surface area contributed by atoms with E-state index in [9.17, 15) is 9.59 Å². The summed E-state index contributed by atoms with van der Waals surface area (Å²) in [5.74, 6) is 0.0590. The van der Waals surface area contributed by atoms with Gasteiger partial charge in [-0.1, -0.05) is 30.3 Å². The summed E-state index contributed by atoms with van der Waals surface area (Å²) in [5, 5.41) is 1.02. The van der Waals surface area contributed by atoms with Gasteiger partial charge < -0.3 is 4.90 Å². The Balaban J connectivity index is 1.46. The first kappa shape index (κ1) is 19.2. The molecule has 2 atom stereocenters. The maximum Gasteiger partial charge on any atom is 0.226 e. The molecule has 1 aliphatic rings. The van der Waals surface area contributed by atoms with Crippen LogP contribution in [0.3, 0.4) is 0 Å². The number of hydrogen-bond donors (Lipinski definition) is 0. The molecular weight excluding hydrogens is 362 g/mol. The van der Waals surface area contributed by atoms with Gasteiger partial charge in [0.2, 0.25) is 5.91 Å². The third-order valence-electron chi connectivity index (χ3n) is 5.61. The highest BCUT2D eigenvalue weighted by atomic mass is 16.2. The molecule has 0 aliphatic carbocycles. The van der Waals surface area contributed by atoms with Crippen molar-refractivity contribution < 1.29 is 9.59 Å². The van der Waals surface area contributed by atoms with Gasteiger partial charge in [0.15, 0.2) is 5.65 Å². The van der Waals surface area contributed by atoms with Gasteiger partial charge in [0.25, 0.3) is 0 Å². The van der Waals surface area contributed by atoms with Crippen molar-refractivity contribution in [3.63, 3.8) is 0 Å². The lowest BCUT2D eigenvalue weighted by Gasteiger charge is -2.23. The highest BCUT2D eigenvalue weighted by molar-refractivity contribution is 5.87. The average molecular weight is 387 g/mol. The zero-order valence-electron chi connectivity index (χ0n) is 16.6. The smallest absolute Gasteiger partial charge is 0.226 e. The fourth-order valence-corrected chi connectivity index (χ4v) is 4.19. The normalized spacial score (nSPS) is 19.1. The number of carbonyl (C=O) groups is 2. The molecule has 29 heavy (non-hydrogen) atoms. The largest absolute Gasteiger partial charge is 0.332 e. The van der Waals surface area contributed by atoms with Crippen LogP contribution in [-0.4, -0.2) is 39.1 Å². The second kappa shape index (κ2) is 8.52. The molecule has 3 aromatic rings. The van der Waals surface area contributed by atoms with Gasteiger partial charge in [-0.3, -0.25) is 9.59 Å². The molecule has 1 fully saturated rings. The molecule has 5 heteroatoms. The van der Waals surface area contributed by atoms with Crippen LogP contribution in [0.4, 0.5) is 0 Å². The van der Waals surface area contributed by atoms with Gasteiger partial charge in [-0.05, 0) is 62.4 Å². The Hall–Kier alpha value is -3.08. The second-order valence-corrected chi connectivity index (χ2v) is 7.84. The number of amides is 1. The van der Waals surface area contributed by atoms with Crippen molar-refractivity contribution >= 4 is 22.7 Å². The number of nitrogens with zero attached hydrogens (tertiary/aromatic N) is 3. The van der Waals surface area contributed by atoms with Crippen LogP contribution in [0.2, 0.25) is 0 Å². The van der Waals surface area contributed by atoms with Crippen molar-refractivity contribution in [2.24, 2.45) is 5.92 Å². The second-order valence-electron chi connectivity index (χ2n) is 7.84. The number of carbonyl (C=O) groups excluding carboxylic acids is 2. The molecule has 1 aliphatic heterocycles. The van der Waals surface area contributed by atoms with Crippen LogP contribution in [0.1, 0.15) is 31.0 Å². The van der Waals surface area contributed by atoms with E-state index < -0.39 is 0 Å². The van der Waals surface area contributed by atoms with E-state index in [1.54, 1.807) is 18.0 Å². The van der Waals surface area contributed by atoms with Crippen molar-refractivity contribution in [1.29, 1.82) is 0 Å². The molecule has 5 nitrogen and oxygen atoms in total. The van der Waals surface area contributed by atoms with Crippen LogP contribution < -0.4 is 0 Å². The third-order valence-corrected chi connectivity index (χ3v) is 5.61. The van der Waals surface area contributed by atoms with E-state index >= 15 is 0 Å². The summed E-state index contributed by atoms with van der Waals surface area (Å²) in [5.41, 5.74) is 2.89. The molecule has 0 bridgehead atoms. The number of benzene rings is 1. The summed E-state index contributed by atoms with van der Waals surface area (Å²) < 4.78 is 0. The zero-order chi connectivity index (χ0) is 20.2. The van der Waals surface area contributed by atoms with Gasteiger partial charge in [0.1, 0.15) is 5.78 Å². The molecular formula is C24H25N3O2. The molecule has 0 unspecified atom stereocenters. The highest BCUT2D eigenvalue weighted by Gasteiger charge is 2.39. The number of fused-ring (bicyclic) bond motifs is 1. The first-order valence-electron chi connectivity index (χ1n) is 10.1. The quantitative estimate of drug-likeness (QED) is 0.621. The lowest BCUT2D eigenvalue weighted by Crippen LogP contribution is -2.38. The first-order valence-corrected chi connectivity index (χ1v) is 10.1. The molecule has 0 N–H and O–H groups in total. The first-order chi connectivity index (χ1) is 14.1. The maximum absolute atomic E-state index is 13.0. The molecule has 0 spiro atoms. The van der Waals surface area contributed by atoms with Crippen molar-refractivity contribution in [3.8, 4) is 0 Å². The molecule has 1 amide bonds. The van der Waals surface area contributed by atoms with Gasteiger partial charge >= 0.3 is 0 Å². The summed E-state index contributed by atoms with van der Waals surface area (Å²) in [6.45, 7) is 1.75. The Morgan fingerprint density at radius 1 is 1.10 bits per heavy atom. The van der Waals surface area contributed by atoms with Gasteiger partial charge in [0, 0.05) is 29.2 Å². The van der Waals surface area contributed by atoms with Crippen LogP contribution >= 0.6 is 0 Å². The molecule has 1 aromatic carbocycles. The standard InChI is InChI=1S/C24H25N3O2/c1-17(28)16-27-22(14-18-6-3-2-4-7-18)15-20(24(27)29)10-12-21-11-9-19-8-5-13-25-23(19)26-21/h2-9,11,13,20,22H,10,12,14-16H2,1H3/t20-,22+/m0/s1. The maximum atomic E-state index is 13.0. The van der Waals surface area contributed by atoms with Crippen LogP contribution in [0.5, 0.6) is 0 Å². The van der Waals surface area contributed by atoms with Gasteiger partial charge in [-0.15, -0.1) is 0 Å². The summed E-state index contributed by atoms with van der Waals surface area (Å²) in [4.78, 5) is 35.5. The van der Waals surface area contributed by atoms with E-state index in [2.05, 4.69) is 22.1 Å². The van der Waals surface area contributed by atoms with Gasteiger partial charge in [-0.25, -0.2) is 9.97 Å². The fourth-order valence-electron chi connectivity index (χ4n) is 4.19. The van der Waals surface area contributed by atoms with Crippen molar-refractivity contribution in [2.75, 3.05) is 6.54 Å². The lowest BCUT2D eigenvalue weighted by atomic mass is 9.95. The number of likely N-dealkylation sites (tertiary alicyclic amines) is 1. The molecule has 1 saturated heterocycles. The Morgan fingerprint density at radius 2 is 1.93 bits per heavy atom.